The van der Waals surface area contributed by atoms with E-state index in [-0.39, 0.29) is 16.8 Å². The second-order valence-electron chi connectivity index (χ2n) is 2.96. The van der Waals surface area contributed by atoms with E-state index in [9.17, 15) is 13.2 Å². The Morgan fingerprint density at radius 2 is 2.00 bits per heavy atom. The summed E-state index contributed by atoms with van der Waals surface area (Å²) in [6.07, 6.45) is -3.73. The summed E-state index contributed by atoms with van der Waals surface area (Å²) in [4.78, 5) is 0. The third kappa shape index (κ3) is 3.12. The quantitative estimate of drug-likeness (QED) is 0.805. The fraction of sp³-hybridized carbons (Fsp3) is 0.400. The van der Waals surface area contributed by atoms with Crippen LogP contribution in [-0.2, 0) is 6.18 Å². The van der Waals surface area contributed by atoms with Crippen LogP contribution in [0.2, 0.25) is 0 Å². The number of hydrogen-bond donors (Lipinski definition) is 0. The first kappa shape index (κ1) is 12.4. The number of hydrogen-bond acceptors (Lipinski definition) is 1. The smallest absolute Gasteiger partial charge is 0.421 e. The molecule has 1 aromatic carbocycles. The molecule has 1 aromatic rings. The second kappa shape index (κ2) is 4.88. The molecule has 0 amide bonds. The molecule has 1 rings (SSSR count). The van der Waals surface area contributed by atoms with Crippen molar-refractivity contribution in [3.8, 4) is 5.75 Å². The van der Waals surface area contributed by atoms with E-state index in [0.29, 0.717) is 6.42 Å². The van der Waals surface area contributed by atoms with E-state index < -0.39 is 11.7 Å². The van der Waals surface area contributed by atoms with Crippen molar-refractivity contribution in [1.82, 2.24) is 0 Å². The van der Waals surface area contributed by atoms with Crippen LogP contribution < -0.4 is 4.74 Å². The van der Waals surface area contributed by atoms with Crippen LogP contribution in [0.15, 0.2) is 22.7 Å². The van der Waals surface area contributed by atoms with E-state index in [1.165, 1.54) is 18.2 Å². The zero-order valence-corrected chi connectivity index (χ0v) is 9.65. The molecule has 0 aliphatic heterocycles. The summed E-state index contributed by atoms with van der Waals surface area (Å²) in [5.41, 5.74) is -0.751. The van der Waals surface area contributed by atoms with Gasteiger partial charge < -0.3 is 4.74 Å². The molecule has 0 saturated heterocycles. The Bertz CT molecular complexity index is 336. The molecule has 15 heavy (non-hydrogen) atoms. The lowest BCUT2D eigenvalue weighted by Crippen LogP contribution is -2.10. The minimum absolute atomic E-state index is 0.00334. The average Bonchev–Trinajstić information content (AvgIpc) is 2.12. The molecule has 0 unspecified atom stereocenters. The lowest BCUT2D eigenvalue weighted by molar-refractivity contribution is -0.139. The maximum atomic E-state index is 12.6. The van der Waals surface area contributed by atoms with Crippen LogP contribution in [0.3, 0.4) is 0 Å². The Morgan fingerprint density at radius 1 is 1.33 bits per heavy atom. The Hall–Kier alpha value is -0.710. The average molecular weight is 283 g/mol. The zero-order chi connectivity index (χ0) is 11.5. The molecular weight excluding hydrogens is 273 g/mol. The molecule has 84 valence electrons. The van der Waals surface area contributed by atoms with Gasteiger partial charge in [-0.05, 0) is 18.6 Å². The van der Waals surface area contributed by atoms with Crippen LogP contribution in [0.25, 0.3) is 0 Å². The molecule has 0 aromatic heterocycles. The van der Waals surface area contributed by atoms with Gasteiger partial charge in [0.2, 0.25) is 0 Å². The number of alkyl halides is 3. The first-order valence-electron chi connectivity index (χ1n) is 4.45. The van der Waals surface area contributed by atoms with Crippen LogP contribution >= 0.6 is 15.9 Å². The van der Waals surface area contributed by atoms with Gasteiger partial charge >= 0.3 is 6.18 Å². The fourth-order valence-electron chi connectivity index (χ4n) is 1.11. The van der Waals surface area contributed by atoms with Gasteiger partial charge in [-0.3, -0.25) is 0 Å². The maximum absolute atomic E-state index is 12.6. The van der Waals surface area contributed by atoms with Crippen LogP contribution in [0.4, 0.5) is 13.2 Å². The Labute approximate surface area is 94.4 Å². The highest BCUT2D eigenvalue weighted by molar-refractivity contribution is 9.10. The van der Waals surface area contributed by atoms with Crippen LogP contribution in [0, 0.1) is 0 Å². The Morgan fingerprint density at radius 3 is 2.53 bits per heavy atom. The van der Waals surface area contributed by atoms with E-state index in [1.54, 1.807) is 0 Å². The highest BCUT2D eigenvalue weighted by atomic mass is 79.9. The predicted molar refractivity (Wildman–Crippen MR) is 54.9 cm³/mol. The first-order valence-corrected chi connectivity index (χ1v) is 5.24. The second-order valence-corrected chi connectivity index (χ2v) is 3.81. The van der Waals surface area contributed by atoms with Crippen LogP contribution in [0.1, 0.15) is 18.9 Å². The summed E-state index contributed by atoms with van der Waals surface area (Å²) in [5, 5.41) is 0. The summed E-state index contributed by atoms with van der Waals surface area (Å²) >= 11 is 2.87. The van der Waals surface area contributed by atoms with Crippen LogP contribution in [0.5, 0.6) is 5.75 Å². The Kier molecular flexibility index (Phi) is 4.02. The molecule has 1 nitrogen and oxygen atoms in total. The minimum Gasteiger partial charge on any atom is -0.493 e. The van der Waals surface area contributed by atoms with E-state index in [4.69, 9.17) is 4.74 Å². The van der Waals surface area contributed by atoms with Gasteiger partial charge in [-0.1, -0.05) is 28.9 Å². The van der Waals surface area contributed by atoms with Crippen molar-refractivity contribution < 1.29 is 17.9 Å². The van der Waals surface area contributed by atoms with E-state index in [0.717, 1.165) is 0 Å². The third-order valence-corrected chi connectivity index (χ3v) is 2.38. The number of ether oxygens (including phenoxy) is 1. The molecule has 0 spiro atoms. The topological polar surface area (TPSA) is 9.23 Å². The van der Waals surface area contributed by atoms with Gasteiger partial charge in [0.1, 0.15) is 11.3 Å². The highest BCUT2D eigenvalue weighted by Crippen LogP contribution is 2.40. The summed E-state index contributed by atoms with van der Waals surface area (Å²) in [5.74, 6) is -0.126. The summed E-state index contributed by atoms with van der Waals surface area (Å²) in [6, 6.07) is 4.19. The van der Waals surface area contributed by atoms with Crippen molar-refractivity contribution in [1.29, 1.82) is 0 Å². The molecule has 0 saturated carbocycles. The van der Waals surface area contributed by atoms with Gasteiger partial charge in [0, 0.05) is 4.47 Å². The zero-order valence-electron chi connectivity index (χ0n) is 8.07. The van der Waals surface area contributed by atoms with Gasteiger partial charge in [-0.25, -0.2) is 0 Å². The largest absolute Gasteiger partial charge is 0.493 e. The standard InChI is InChI=1S/C10H10BrF3O/c1-2-6-15-8-5-3-4-7(11)9(8)10(12,13)14/h3-5H,2,6H2,1H3. The molecule has 0 aliphatic carbocycles. The van der Waals surface area contributed by atoms with Crippen molar-refractivity contribution in [3.05, 3.63) is 28.2 Å². The van der Waals surface area contributed by atoms with E-state index in [1.807, 2.05) is 6.92 Å². The van der Waals surface area contributed by atoms with E-state index >= 15 is 0 Å². The van der Waals surface area contributed by atoms with Gasteiger partial charge in [-0.15, -0.1) is 0 Å². The van der Waals surface area contributed by atoms with Gasteiger partial charge in [0.25, 0.3) is 0 Å². The molecule has 0 radical (unpaired) electrons. The summed E-state index contributed by atoms with van der Waals surface area (Å²) in [6.45, 7) is 2.12. The van der Waals surface area contributed by atoms with Gasteiger partial charge in [0.05, 0.1) is 6.61 Å². The van der Waals surface area contributed by atoms with Gasteiger partial charge in [0.15, 0.2) is 0 Å². The molecule has 0 heterocycles. The molecule has 0 bridgehead atoms. The van der Waals surface area contributed by atoms with Crippen molar-refractivity contribution in [2.45, 2.75) is 19.5 Å². The van der Waals surface area contributed by atoms with Crippen molar-refractivity contribution in [2.24, 2.45) is 0 Å². The molecule has 0 atom stereocenters. The van der Waals surface area contributed by atoms with Gasteiger partial charge in [-0.2, -0.15) is 13.2 Å². The maximum Gasteiger partial charge on any atom is 0.421 e. The first-order chi connectivity index (χ1) is 6.96. The number of halogens is 4. The monoisotopic (exact) mass is 282 g/mol. The van der Waals surface area contributed by atoms with E-state index in [2.05, 4.69) is 15.9 Å². The SMILES string of the molecule is CCCOc1cccc(Br)c1C(F)(F)F. The molecule has 0 N–H and O–H groups in total. The molecule has 0 fully saturated rings. The van der Waals surface area contributed by atoms with Crippen LogP contribution in [-0.4, -0.2) is 6.61 Å². The lowest BCUT2D eigenvalue weighted by Gasteiger charge is -2.14. The summed E-state index contributed by atoms with van der Waals surface area (Å²) < 4.78 is 42.9. The predicted octanol–water partition coefficient (Wildman–Crippen LogP) is 4.26. The van der Waals surface area contributed by atoms with Crippen molar-refractivity contribution in [3.63, 3.8) is 0 Å². The Balaban J connectivity index is 3.09. The lowest BCUT2D eigenvalue weighted by atomic mass is 10.2. The third-order valence-electron chi connectivity index (χ3n) is 1.72. The molecular formula is C10H10BrF3O. The highest BCUT2D eigenvalue weighted by Gasteiger charge is 2.36. The van der Waals surface area contributed by atoms with Crippen molar-refractivity contribution >= 4 is 15.9 Å². The number of benzene rings is 1. The normalized spacial score (nSPS) is 11.5. The molecule has 5 heteroatoms. The van der Waals surface area contributed by atoms with Crippen molar-refractivity contribution in [2.75, 3.05) is 6.61 Å². The minimum atomic E-state index is -4.40. The molecule has 0 aliphatic rings. The summed E-state index contributed by atoms with van der Waals surface area (Å²) in [7, 11) is 0. The number of rotatable bonds is 3. The fourth-order valence-corrected chi connectivity index (χ4v) is 1.68.